The van der Waals surface area contributed by atoms with Crippen LogP contribution in [0.15, 0.2) is 43.0 Å². The van der Waals surface area contributed by atoms with Crippen molar-refractivity contribution in [3.05, 3.63) is 43.0 Å². The first-order chi connectivity index (χ1) is 7.89. The van der Waals surface area contributed by atoms with Gasteiger partial charge >= 0.3 is 18.3 Å². The van der Waals surface area contributed by atoms with Crippen LogP contribution in [0.3, 0.4) is 0 Å². The molecule has 0 aliphatic carbocycles. The molecule has 94 valence electrons. The van der Waals surface area contributed by atoms with E-state index in [0.717, 1.165) is 6.08 Å². The van der Waals surface area contributed by atoms with Gasteiger partial charge in [0.1, 0.15) is 5.75 Å². The number of benzene rings is 1. The zero-order valence-electron chi connectivity index (χ0n) is 8.64. The lowest BCUT2D eigenvalue weighted by Gasteiger charge is -2.06. The van der Waals surface area contributed by atoms with E-state index in [1.165, 1.54) is 24.3 Å². The molecule has 0 atom stereocenters. The highest BCUT2D eigenvalue weighted by molar-refractivity contribution is 8.63. The van der Waals surface area contributed by atoms with Gasteiger partial charge in [-0.25, -0.2) is 0 Å². The first kappa shape index (κ1) is 13.7. The van der Waals surface area contributed by atoms with Crippen molar-refractivity contribution in [3.8, 4) is 5.75 Å². The van der Waals surface area contributed by atoms with Crippen LogP contribution in [0.25, 0.3) is 0 Å². The Balaban J connectivity index is 2.93. The fraction of sp³-hybridized carbons (Fsp3) is 0.111. The number of hydrogen-bond donors (Lipinski definition) is 0. The van der Waals surface area contributed by atoms with Crippen molar-refractivity contribution in [2.45, 2.75) is 0 Å². The van der Waals surface area contributed by atoms with E-state index in [4.69, 9.17) is 0 Å². The molecule has 0 unspecified atom stereocenters. The number of para-hydroxylation sites is 1. The fourth-order valence-corrected chi connectivity index (χ4v) is 2.64. The molecule has 6 nitrogen and oxygen atoms in total. The SMILES string of the molecule is C=CCOS(=O)(=O)S(=O)(=O)Oc1ccccc1. The zero-order chi connectivity index (χ0) is 12.9. The van der Waals surface area contributed by atoms with Crippen LogP contribution >= 0.6 is 0 Å². The van der Waals surface area contributed by atoms with Crippen LogP contribution in [0, 0.1) is 0 Å². The minimum atomic E-state index is -4.88. The predicted octanol–water partition coefficient (Wildman–Crippen LogP) is 0.843. The third-order valence-corrected chi connectivity index (χ3v) is 4.84. The summed E-state index contributed by atoms with van der Waals surface area (Å²) in [6, 6.07) is 7.24. The molecular weight excluding hydrogens is 268 g/mol. The molecule has 0 amide bonds. The highest BCUT2D eigenvalue weighted by Crippen LogP contribution is 2.16. The van der Waals surface area contributed by atoms with Crippen LogP contribution in [-0.4, -0.2) is 23.4 Å². The normalized spacial score (nSPS) is 12.0. The van der Waals surface area contributed by atoms with Gasteiger partial charge in [0, 0.05) is 0 Å². The summed E-state index contributed by atoms with van der Waals surface area (Å²) in [5, 5.41) is 0. The highest BCUT2D eigenvalue weighted by Gasteiger charge is 2.33. The third-order valence-electron chi connectivity index (χ3n) is 1.52. The van der Waals surface area contributed by atoms with Crippen LogP contribution in [0.2, 0.25) is 0 Å². The largest absolute Gasteiger partial charge is 0.444 e. The lowest BCUT2D eigenvalue weighted by Crippen LogP contribution is -2.23. The molecule has 0 heterocycles. The van der Waals surface area contributed by atoms with Crippen molar-refractivity contribution in [3.63, 3.8) is 0 Å². The topological polar surface area (TPSA) is 86.7 Å². The first-order valence-corrected chi connectivity index (χ1v) is 7.72. The average molecular weight is 278 g/mol. The van der Waals surface area contributed by atoms with Crippen LogP contribution in [-0.2, 0) is 22.5 Å². The summed E-state index contributed by atoms with van der Waals surface area (Å²) in [6.07, 6.45) is 1.11. The molecule has 1 aromatic carbocycles. The molecule has 0 saturated carbocycles. The Morgan fingerprint density at radius 1 is 1.06 bits per heavy atom. The Bertz CT molecular complexity index is 573. The van der Waals surface area contributed by atoms with Gasteiger partial charge in [-0.15, -0.1) is 6.58 Å². The molecule has 0 aliphatic rings. The van der Waals surface area contributed by atoms with Gasteiger partial charge in [0.2, 0.25) is 0 Å². The van der Waals surface area contributed by atoms with Gasteiger partial charge in [-0.05, 0) is 12.1 Å². The molecule has 1 aromatic rings. The van der Waals surface area contributed by atoms with Crippen molar-refractivity contribution < 1.29 is 25.2 Å². The Hall–Kier alpha value is -1.38. The molecule has 0 spiro atoms. The van der Waals surface area contributed by atoms with Crippen molar-refractivity contribution in [1.29, 1.82) is 0 Å². The molecule has 0 fully saturated rings. The number of rotatable bonds is 6. The first-order valence-electron chi connectivity index (χ1n) is 4.39. The minimum Gasteiger partial charge on any atom is -0.370 e. The lowest BCUT2D eigenvalue weighted by atomic mass is 10.3. The van der Waals surface area contributed by atoms with E-state index in [0.29, 0.717) is 0 Å². The molecule has 8 heteroatoms. The monoisotopic (exact) mass is 278 g/mol. The molecule has 0 aliphatic heterocycles. The summed E-state index contributed by atoms with van der Waals surface area (Å²) < 4.78 is 53.7. The summed E-state index contributed by atoms with van der Waals surface area (Å²) in [7, 11) is -9.72. The quantitative estimate of drug-likeness (QED) is 0.566. The van der Waals surface area contributed by atoms with Gasteiger partial charge in [-0.1, -0.05) is 24.3 Å². The van der Waals surface area contributed by atoms with Crippen molar-refractivity contribution in [1.82, 2.24) is 0 Å². The smallest absolute Gasteiger partial charge is 0.370 e. The number of hydrogen-bond acceptors (Lipinski definition) is 6. The summed E-state index contributed by atoms with van der Waals surface area (Å²) in [6.45, 7) is 2.76. The maximum absolute atomic E-state index is 11.4. The Morgan fingerprint density at radius 2 is 1.65 bits per heavy atom. The van der Waals surface area contributed by atoms with Gasteiger partial charge in [-0.3, -0.25) is 4.18 Å². The molecule has 0 radical (unpaired) electrons. The Morgan fingerprint density at radius 3 is 2.18 bits per heavy atom. The van der Waals surface area contributed by atoms with E-state index in [1.807, 2.05) is 0 Å². The maximum Gasteiger partial charge on any atom is 0.444 e. The second-order valence-electron chi connectivity index (χ2n) is 2.79. The van der Waals surface area contributed by atoms with E-state index in [-0.39, 0.29) is 5.75 Å². The average Bonchev–Trinajstić information content (AvgIpc) is 2.27. The summed E-state index contributed by atoms with van der Waals surface area (Å²) in [5.74, 6) is -0.113. The van der Waals surface area contributed by atoms with Gasteiger partial charge in [0.05, 0.1) is 6.61 Å². The molecule has 0 aromatic heterocycles. The Labute approximate surface area is 99.1 Å². The minimum absolute atomic E-state index is 0.113. The van der Waals surface area contributed by atoms with E-state index in [1.54, 1.807) is 6.07 Å². The molecule has 17 heavy (non-hydrogen) atoms. The summed E-state index contributed by atoms with van der Waals surface area (Å²) in [4.78, 5) is 0. The molecule has 0 bridgehead atoms. The van der Waals surface area contributed by atoms with E-state index < -0.39 is 24.9 Å². The standard InChI is InChI=1S/C9H10O6S2/c1-2-8-14-16(10,11)17(12,13)15-9-6-4-3-5-7-9/h2-7H,1,8H2. The van der Waals surface area contributed by atoms with Crippen LogP contribution < -0.4 is 4.18 Å². The van der Waals surface area contributed by atoms with Crippen LogP contribution in [0.1, 0.15) is 0 Å². The van der Waals surface area contributed by atoms with Crippen LogP contribution in [0.5, 0.6) is 5.75 Å². The van der Waals surface area contributed by atoms with Crippen LogP contribution in [0.4, 0.5) is 0 Å². The highest BCUT2D eigenvalue weighted by atomic mass is 33.2. The van der Waals surface area contributed by atoms with Crippen molar-refractivity contribution in [2.75, 3.05) is 6.61 Å². The Kier molecular flexibility index (Phi) is 4.27. The lowest BCUT2D eigenvalue weighted by molar-refractivity contribution is 0.362. The molecule has 0 saturated heterocycles. The third kappa shape index (κ3) is 3.55. The summed E-state index contributed by atoms with van der Waals surface area (Å²) >= 11 is 0. The maximum atomic E-state index is 11.4. The van der Waals surface area contributed by atoms with Gasteiger partial charge in [0.25, 0.3) is 0 Å². The van der Waals surface area contributed by atoms with Crippen molar-refractivity contribution in [2.24, 2.45) is 0 Å². The molecule has 1 rings (SSSR count). The summed E-state index contributed by atoms with van der Waals surface area (Å²) in [5.41, 5.74) is 0. The van der Waals surface area contributed by atoms with Gasteiger partial charge < -0.3 is 4.18 Å². The second kappa shape index (κ2) is 5.30. The molecular formula is C9H10O6S2. The predicted molar refractivity (Wildman–Crippen MR) is 61.1 cm³/mol. The molecule has 0 N–H and O–H groups in total. The van der Waals surface area contributed by atoms with Crippen molar-refractivity contribution >= 4 is 18.3 Å². The zero-order valence-corrected chi connectivity index (χ0v) is 10.3. The fourth-order valence-electron chi connectivity index (χ4n) is 0.826. The van der Waals surface area contributed by atoms with E-state index in [9.17, 15) is 16.8 Å². The van der Waals surface area contributed by atoms with E-state index in [2.05, 4.69) is 14.9 Å². The van der Waals surface area contributed by atoms with Gasteiger partial charge in [0.15, 0.2) is 0 Å². The second-order valence-corrected chi connectivity index (χ2v) is 7.27. The van der Waals surface area contributed by atoms with E-state index >= 15 is 0 Å². The van der Waals surface area contributed by atoms with Gasteiger partial charge in [-0.2, -0.15) is 16.8 Å².